The van der Waals surface area contributed by atoms with Gasteiger partial charge < -0.3 is 0 Å². The van der Waals surface area contributed by atoms with Crippen LogP contribution in [0.1, 0.15) is 56.8 Å². The van der Waals surface area contributed by atoms with Gasteiger partial charge in [-0.05, 0) is 43.7 Å². The molecule has 0 saturated carbocycles. The summed E-state index contributed by atoms with van der Waals surface area (Å²) in [7, 11) is 0. The molecule has 86 valence electrons. The third-order valence-corrected chi connectivity index (χ3v) is 4.39. The number of rotatable bonds is 1. The first-order valence-electron chi connectivity index (χ1n) is 6.56. The molecule has 1 nitrogen and oxygen atoms in total. The topological polar surface area (TPSA) is 3.24 Å². The fourth-order valence-corrected chi connectivity index (χ4v) is 3.76. The Bertz CT molecular complexity index is 396. The lowest BCUT2D eigenvalue weighted by Gasteiger charge is -2.41. The number of nitrogens with zero attached hydrogens (tertiary/aromatic N) is 1. The molecule has 1 fully saturated rings. The summed E-state index contributed by atoms with van der Waals surface area (Å²) in [5, 5.41) is 0. The Balaban J connectivity index is 2.11. The smallest absolute Gasteiger partial charge is 0.0385 e. The highest BCUT2D eigenvalue weighted by Gasteiger charge is 2.44. The highest BCUT2D eigenvalue weighted by molar-refractivity contribution is 5.39. The number of piperidine rings is 1. The zero-order valence-electron chi connectivity index (χ0n) is 10.5. The van der Waals surface area contributed by atoms with Crippen molar-refractivity contribution in [2.75, 3.05) is 0 Å². The Morgan fingerprint density at radius 2 is 1.81 bits per heavy atom. The van der Waals surface area contributed by atoms with E-state index in [1.807, 2.05) is 0 Å². The molecule has 1 aromatic rings. The lowest BCUT2D eigenvalue weighted by molar-refractivity contribution is 0.0395. The van der Waals surface area contributed by atoms with Crippen LogP contribution in [0, 0.1) is 5.92 Å². The molecular weight excluding hydrogens is 194 g/mol. The quantitative estimate of drug-likeness (QED) is 0.686. The molecular formula is C15H21N. The minimum Gasteiger partial charge on any atom is -0.287 e. The monoisotopic (exact) mass is 215 g/mol. The van der Waals surface area contributed by atoms with Gasteiger partial charge in [0.1, 0.15) is 0 Å². The molecule has 2 aliphatic rings. The van der Waals surface area contributed by atoms with Crippen LogP contribution < -0.4 is 0 Å². The van der Waals surface area contributed by atoms with E-state index in [9.17, 15) is 0 Å². The molecule has 2 bridgehead atoms. The fourth-order valence-electron chi connectivity index (χ4n) is 3.76. The summed E-state index contributed by atoms with van der Waals surface area (Å²) in [6.07, 6.45) is 2.72. The van der Waals surface area contributed by atoms with Crippen molar-refractivity contribution >= 4 is 0 Å². The molecule has 3 rings (SSSR count). The molecule has 1 aromatic carbocycles. The second-order valence-electron chi connectivity index (χ2n) is 5.69. The molecule has 0 aromatic heterocycles. The van der Waals surface area contributed by atoms with Gasteiger partial charge in [-0.2, -0.15) is 0 Å². The lowest BCUT2D eigenvalue weighted by Crippen LogP contribution is -2.39. The zero-order valence-corrected chi connectivity index (χ0v) is 10.5. The van der Waals surface area contributed by atoms with E-state index in [0.29, 0.717) is 18.1 Å². The standard InChI is InChI=1S/C15H21N/c1-10(2)16-14-9-8-11(3)15(16)13-7-5-4-6-12(13)14/h4-7,10-11,14-15H,8-9H2,1-3H3/t11-,14-,15+/m1/s1. The second-order valence-corrected chi connectivity index (χ2v) is 5.69. The van der Waals surface area contributed by atoms with Gasteiger partial charge in [-0.25, -0.2) is 0 Å². The minimum atomic E-state index is 0.658. The van der Waals surface area contributed by atoms with E-state index in [-0.39, 0.29) is 0 Å². The van der Waals surface area contributed by atoms with Gasteiger partial charge in [-0.1, -0.05) is 31.2 Å². The van der Waals surface area contributed by atoms with Gasteiger partial charge in [0, 0.05) is 18.1 Å². The summed E-state index contributed by atoms with van der Waals surface area (Å²) in [5.41, 5.74) is 3.21. The Labute approximate surface area is 98.5 Å². The maximum absolute atomic E-state index is 2.73. The SMILES string of the molecule is CC(C)N1[C@@H]2CC[C@@H](C)[C@H]1c1ccccc12. The van der Waals surface area contributed by atoms with E-state index in [1.54, 1.807) is 11.1 Å². The molecule has 0 radical (unpaired) electrons. The van der Waals surface area contributed by atoms with Crippen LogP contribution in [0.2, 0.25) is 0 Å². The highest BCUT2D eigenvalue weighted by Crippen LogP contribution is 2.53. The van der Waals surface area contributed by atoms with Crippen molar-refractivity contribution in [2.24, 2.45) is 5.92 Å². The Kier molecular flexibility index (Phi) is 2.32. The summed E-state index contributed by atoms with van der Waals surface area (Å²) >= 11 is 0. The number of hydrogen-bond acceptors (Lipinski definition) is 1. The first-order chi connectivity index (χ1) is 7.70. The van der Waals surface area contributed by atoms with Gasteiger partial charge in [-0.3, -0.25) is 4.90 Å². The lowest BCUT2D eigenvalue weighted by atomic mass is 9.89. The van der Waals surface area contributed by atoms with Crippen molar-refractivity contribution in [1.29, 1.82) is 0 Å². The molecule has 0 amide bonds. The summed E-state index contributed by atoms with van der Waals surface area (Å²) in [4.78, 5) is 2.73. The number of fused-ring (bicyclic) bond motifs is 5. The Hall–Kier alpha value is -0.820. The maximum atomic E-state index is 2.73. The van der Waals surface area contributed by atoms with Crippen LogP contribution in [0.15, 0.2) is 24.3 Å². The van der Waals surface area contributed by atoms with E-state index in [0.717, 1.165) is 5.92 Å². The van der Waals surface area contributed by atoms with Crippen LogP contribution in [0.3, 0.4) is 0 Å². The Morgan fingerprint density at radius 3 is 2.50 bits per heavy atom. The molecule has 0 aliphatic carbocycles. The van der Waals surface area contributed by atoms with Gasteiger partial charge >= 0.3 is 0 Å². The molecule has 3 atom stereocenters. The highest BCUT2D eigenvalue weighted by atomic mass is 15.2. The van der Waals surface area contributed by atoms with Crippen molar-refractivity contribution in [3.63, 3.8) is 0 Å². The van der Waals surface area contributed by atoms with Crippen molar-refractivity contribution in [1.82, 2.24) is 4.90 Å². The third-order valence-electron chi connectivity index (χ3n) is 4.39. The molecule has 1 heteroatoms. The van der Waals surface area contributed by atoms with Crippen LogP contribution in [-0.2, 0) is 0 Å². The van der Waals surface area contributed by atoms with E-state index in [1.165, 1.54) is 12.8 Å². The fraction of sp³-hybridized carbons (Fsp3) is 0.600. The second kappa shape index (κ2) is 3.59. The summed E-state index contributed by atoms with van der Waals surface area (Å²) in [6.45, 7) is 7.09. The number of hydrogen-bond donors (Lipinski definition) is 0. The molecule has 0 spiro atoms. The third kappa shape index (κ3) is 1.27. The molecule has 2 aliphatic heterocycles. The Morgan fingerprint density at radius 1 is 1.12 bits per heavy atom. The molecule has 0 N–H and O–H groups in total. The van der Waals surface area contributed by atoms with Gasteiger partial charge in [0.15, 0.2) is 0 Å². The molecule has 16 heavy (non-hydrogen) atoms. The van der Waals surface area contributed by atoms with Crippen LogP contribution in [0.25, 0.3) is 0 Å². The van der Waals surface area contributed by atoms with Gasteiger partial charge in [0.25, 0.3) is 0 Å². The number of benzene rings is 1. The van der Waals surface area contributed by atoms with Crippen molar-refractivity contribution in [2.45, 2.75) is 51.7 Å². The van der Waals surface area contributed by atoms with E-state index in [2.05, 4.69) is 49.9 Å². The largest absolute Gasteiger partial charge is 0.287 e. The van der Waals surface area contributed by atoms with Crippen LogP contribution in [0.4, 0.5) is 0 Å². The zero-order chi connectivity index (χ0) is 11.3. The van der Waals surface area contributed by atoms with E-state index >= 15 is 0 Å². The van der Waals surface area contributed by atoms with Crippen molar-refractivity contribution < 1.29 is 0 Å². The van der Waals surface area contributed by atoms with E-state index in [4.69, 9.17) is 0 Å². The van der Waals surface area contributed by atoms with Crippen LogP contribution in [-0.4, -0.2) is 10.9 Å². The first kappa shape index (κ1) is 10.3. The maximum Gasteiger partial charge on any atom is 0.0385 e. The van der Waals surface area contributed by atoms with Crippen molar-refractivity contribution in [3.05, 3.63) is 35.4 Å². The predicted molar refractivity (Wildman–Crippen MR) is 67.3 cm³/mol. The summed E-state index contributed by atoms with van der Waals surface area (Å²) in [6, 6.07) is 11.1. The van der Waals surface area contributed by atoms with Gasteiger partial charge in [0.2, 0.25) is 0 Å². The first-order valence-corrected chi connectivity index (χ1v) is 6.56. The molecule has 1 saturated heterocycles. The summed E-state index contributed by atoms with van der Waals surface area (Å²) < 4.78 is 0. The van der Waals surface area contributed by atoms with Crippen LogP contribution in [0.5, 0.6) is 0 Å². The van der Waals surface area contributed by atoms with Crippen molar-refractivity contribution in [3.8, 4) is 0 Å². The van der Waals surface area contributed by atoms with Gasteiger partial charge in [0.05, 0.1) is 0 Å². The normalized spacial score (nSPS) is 33.1. The molecule has 0 unspecified atom stereocenters. The molecule has 2 heterocycles. The van der Waals surface area contributed by atoms with Gasteiger partial charge in [-0.15, -0.1) is 0 Å². The average Bonchev–Trinajstić information content (AvgIpc) is 2.54. The van der Waals surface area contributed by atoms with E-state index < -0.39 is 0 Å². The summed E-state index contributed by atoms with van der Waals surface area (Å²) in [5.74, 6) is 0.808. The van der Waals surface area contributed by atoms with Crippen LogP contribution >= 0.6 is 0 Å². The minimum absolute atomic E-state index is 0.658. The predicted octanol–water partition coefficient (Wildman–Crippen LogP) is 3.92. The average molecular weight is 215 g/mol.